The van der Waals surface area contributed by atoms with Crippen molar-refractivity contribution in [3.63, 3.8) is 0 Å². The molecule has 4 rings (SSSR count). The van der Waals surface area contributed by atoms with Crippen molar-refractivity contribution in [2.75, 3.05) is 7.05 Å². The standard InChI is InChI=1S/C13H15BrN4O3/c1-12-5-7-9(13(12,21)17(2)11(20)16-12)15-10(19)6-3-4-8(14)18(6)7/h3-4,7,9,21H,5H2,1-2H3,(H,15,19)(H,16,20)/t7-,9-,12-,13-/m1/s1. The van der Waals surface area contributed by atoms with E-state index in [0.29, 0.717) is 12.1 Å². The first-order valence-electron chi connectivity index (χ1n) is 6.75. The van der Waals surface area contributed by atoms with Gasteiger partial charge < -0.3 is 20.3 Å². The number of aromatic nitrogens is 1. The monoisotopic (exact) mass is 354 g/mol. The smallest absolute Gasteiger partial charge is 0.320 e. The molecule has 0 radical (unpaired) electrons. The van der Waals surface area contributed by atoms with Crippen molar-refractivity contribution in [3.8, 4) is 0 Å². The second-order valence-corrected chi connectivity index (χ2v) is 6.99. The first kappa shape index (κ1) is 13.1. The van der Waals surface area contributed by atoms with Crippen LogP contribution < -0.4 is 10.6 Å². The zero-order valence-electron chi connectivity index (χ0n) is 11.6. The first-order valence-corrected chi connectivity index (χ1v) is 7.55. The molecule has 2 fully saturated rings. The first-order chi connectivity index (χ1) is 9.79. The highest BCUT2D eigenvalue weighted by molar-refractivity contribution is 9.10. The van der Waals surface area contributed by atoms with Crippen LogP contribution in [0.1, 0.15) is 29.9 Å². The maximum Gasteiger partial charge on any atom is 0.320 e. The highest BCUT2D eigenvalue weighted by Gasteiger charge is 2.71. The van der Waals surface area contributed by atoms with E-state index in [0.717, 1.165) is 4.60 Å². The highest BCUT2D eigenvalue weighted by Crippen LogP contribution is 2.52. The number of carbonyl (C=O) groups is 2. The molecule has 8 heteroatoms. The van der Waals surface area contributed by atoms with Gasteiger partial charge in [0.25, 0.3) is 5.91 Å². The van der Waals surface area contributed by atoms with Crippen LogP contribution in [0.5, 0.6) is 0 Å². The molecule has 0 unspecified atom stereocenters. The van der Waals surface area contributed by atoms with Crippen molar-refractivity contribution in [1.29, 1.82) is 0 Å². The zero-order valence-corrected chi connectivity index (χ0v) is 13.1. The van der Waals surface area contributed by atoms with Gasteiger partial charge in [-0.3, -0.25) is 9.69 Å². The Morgan fingerprint density at radius 1 is 1.43 bits per heavy atom. The van der Waals surface area contributed by atoms with Crippen molar-refractivity contribution in [3.05, 3.63) is 22.4 Å². The maximum absolute atomic E-state index is 12.3. The molecule has 1 saturated carbocycles. The molecule has 3 heterocycles. The minimum atomic E-state index is -1.45. The third-order valence-corrected chi connectivity index (χ3v) is 5.81. The number of nitrogens with one attached hydrogen (secondary N) is 2. The second kappa shape index (κ2) is 3.61. The number of carbonyl (C=O) groups excluding carboxylic acids is 2. The van der Waals surface area contributed by atoms with Crippen LogP contribution in [0, 0.1) is 0 Å². The molecule has 1 aromatic heterocycles. The number of amides is 3. The van der Waals surface area contributed by atoms with Crippen molar-refractivity contribution in [2.45, 2.75) is 36.7 Å². The van der Waals surface area contributed by atoms with Crippen LogP contribution in [0.2, 0.25) is 0 Å². The average molecular weight is 355 g/mol. The predicted octanol–water partition coefficient (Wildman–Crippen LogP) is 0.410. The lowest BCUT2D eigenvalue weighted by atomic mass is 9.91. The van der Waals surface area contributed by atoms with Crippen LogP contribution in [0.4, 0.5) is 4.79 Å². The van der Waals surface area contributed by atoms with E-state index in [-0.39, 0.29) is 18.0 Å². The van der Waals surface area contributed by atoms with E-state index in [1.807, 2.05) is 17.6 Å². The van der Waals surface area contributed by atoms with E-state index in [1.165, 1.54) is 4.90 Å². The molecule has 3 N–H and O–H groups in total. The van der Waals surface area contributed by atoms with E-state index < -0.39 is 17.3 Å². The van der Waals surface area contributed by atoms with Crippen molar-refractivity contribution in [1.82, 2.24) is 20.1 Å². The number of halogens is 1. The maximum atomic E-state index is 12.3. The summed E-state index contributed by atoms with van der Waals surface area (Å²) in [6, 6.07) is 2.55. The SMILES string of the molecule is CN1C(=O)N[C@]2(C)C[C@@H]3[C@@H](NC(=O)c4ccc(Br)n43)[C@]12O. The summed E-state index contributed by atoms with van der Waals surface area (Å²) in [6.07, 6.45) is 0.533. The van der Waals surface area contributed by atoms with Crippen molar-refractivity contribution in [2.24, 2.45) is 0 Å². The molecule has 4 atom stereocenters. The molecule has 0 bridgehead atoms. The van der Waals surface area contributed by atoms with Gasteiger partial charge in [0.1, 0.15) is 11.7 Å². The molecule has 7 nitrogen and oxygen atoms in total. The Morgan fingerprint density at radius 2 is 2.14 bits per heavy atom. The fraction of sp³-hybridized carbons (Fsp3) is 0.538. The summed E-state index contributed by atoms with van der Waals surface area (Å²) in [6.45, 7) is 1.82. The van der Waals surface area contributed by atoms with Gasteiger partial charge in [0.2, 0.25) is 0 Å². The molecule has 1 saturated heterocycles. The Hall–Kier alpha value is -1.54. The third-order valence-electron chi connectivity index (χ3n) is 5.17. The summed E-state index contributed by atoms with van der Waals surface area (Å²) in [4.78, 5) is 25.5. The minimum absolute atomic E-state index is 0.125. The lowest BCUT2D eigenvalue weighted by Crippen LogP contribution is -2.66. The molecule has 21 heavy (non-hydrogen) atoms. The quantitative estimate of drug-likeness (QED) is 0.630. The van der Waals surface area contributed by atoms with Gasteiger partial charge in [-0.05, 0) is 41.4 Å². The van der Waals surface area contributed by atoms with Gasteiger partial charge in [0.15, 0.2) is 5.72 Å². The van der Waals surface area contributed by atoms with E-state index in [1.54, 1.807) is 13.1 Å². The average Bonchev–Trinajstić information content (AvgIpc) is 2.95. The molecule has 1 aliphatic carbocycles. The minimum Gasteiger partial charge on any atom is -0.367 e. The van der Waals surface area contributed by atoms with Gasteiger partial charge in [-0.15, -0.1) is 0 Å². The number of rotatable bonds is 0. The predicted molar refractivity (Wildman–Crippen MR) is 76.7 cm³/mol. The van der Waals surface area contributed by atoms with Crippen LogP contribution in [-0.2, 0) is 0 Å². The van der Waals surface area contributed by atoms with E-state index in [4.69, 9.17) is 0 Å². The topological polar surface area (TPSA) is 86.6 Å². The number of urea groups is 1. The zero-order chi connectivity index (χ0) is 15.2. The van der Waals surface area contributed by atoms with E-state index in [2.05, 4.69) is 26.6 Å². The fourth-order valence-corrected chi connectivity index (χ4v) is 4.68. The molecule has 2 aliphatic heterocycles. The summed E-state index contributed by atoms with van der Waals surface area (Å²) < 4.78 is 2.69. The molecular weight excluding hydrogens is 340 g/mol. The number of nitrogens with zero attached hydrogens (tertiary/aromatic N) is 2. The van der Waals surface area contributed by atoms with Gasteiger partial charge in [0.05, 0.1) is 16.2 Å². The molecule has 112 valence electrons. The van der Waals surface area contributed by atoms with Crippen LogP contribution in [-0.4, -0.2) is 50.9 Å². The molecule has 3 amide bonds. The summed E-state index contributed by atoms with van der Waals surface area (Å²) >= 11 is 3.46. The number of hydrogen-bond donors (Lipinski definition) is 3. The van der Waals surface area contributed by atoms with Gasteiger partial charge in [-0.2, -0.15) is 0 Å². The van der Waals surface area contributed by atoms with Crippen molar-refractivity contribution < 1.29 is 14.7 Å². The van der Waals surface area contributed by atoms with Gasteiger partial charge in [0, 0.05) is 7.05 Å². The molecule has 0 spiro atoms. The van der Waals surface area contributed by atoms with Gasteiger partial charge in [-0.25, -0.2) is 4.79 Å². The number of likely N-dealkylation sites (N-methyl/N-ethyl adjacent to an activating group) is 1. The Morgan fingerprint density at radius 3 is 2.86 bits per heavy atom. The van der Waals surface area contributed by atoms with Gasteiger partial charge in [-0.1, -0.05) is 0 Å². The Balaban J connectivity index is 1.90. The second-order valence-electron chi connectivity index (χ2n) is 6.18. The van der Waals surface area contributed by atoms with Crippen LogP contribution in [0.15, 0.2) is 16.7 Å². The Bertz CT molecular complexity index is 689. The number of hydrogen-bond acceptors (Lipinski definition) is 3. The summed E-state index contributed by atoms with van der Waals surface area (Å²) in [5, 5.41) is 16.9. The summed E-state index contributed by atoms with van der Waals surface area (Å²) in [5.41, 5.74) is -1.71. The van der Waals surface area contributed by atoms with Gasteiger partial charge >= 0.3 is 6.03 Å². The normalized spacial score (nSPS) is 40.5. The van der Waals surface area contributed by atoms with Crippen LogP contribution in [0.3, 0.4) is 0 Å². The molecule has 1 aromatic rings. The van der Waals surface area contributed by atoms with Crippen molar-refractivity contribution >= 4 is 27.9 Å². The van der Waals surface area contributed by atoms with E-state index >= 15 is 0 Å². The highest BCUT2D eigenvalue weighted by atomic mass is 79.9. The lowest BCUT2D eigenvalue weighted by molar-refractivity contribution is -0.102. The molecular formula is C13H15BrN4O3. The lowest BCUT2D eigenvalue weighted by Gasteiger charge is -2.41. The summed E-state index contributed by atoms with van der Waals surface area (Å²) in [7, 11) is 1.55. The largest absolute Gasteiger partial charge is 0.367 e. The van der Waals surface area contributed by atoms with Crippen LogP contribution >= 0.6 is 15.9 Å². The molecule has 0 aromatic carbocycles. The Labute approximate surface area is 129 Å². The summed E-state index contributed by atoms with van der Waals surface area (Å²) in [5.74, 6) is -0.243. The third kappa shape index (κ3) is 1.28. The van der Waals surface area contributed by atoms with E-state index in [9.17, 15) is 14.7 Å². The number of fused-ring (bicyclic) bond motifs is 5. The number of aliphatic hydroxyl groups is 1. The van der Waals surface area contributed by atoms with Crippen LogP contribution in [0.25, 0.3) is 0 Å². The Kier molecular flexibility index (Phi) is 2.26. The fourth-order valence-electron chi connectivity index (χ4n) is 4.09. The molecule has 3 aliphatic rings.